The molecule has 3 N–H and O–H groups in total. The van der Waals surface area contributed by atoms with Crippen molar-refractivity contribution in [2.45, 2.75) is 120 Å². The van der Waals surface area contributed by atoms with Crippen molar-refractivity contribution < 1.29 is 43.9 Å². The molecule has 15 atom stereocenters. The summed E-state index contributed by atoms with van der Waals surface area (Å²) in [6.07, 6.45) is 2.96. The number of allylic oxidation sites excluding steroid dienone is 1. The van der Waals surface area contributed by atoms with Gasteiger partial charge in [-0.3, -0.25) is 9.59 Å². The lowest BCUT2D eigenvalue weighted by Gasteiger charge is -2.56. The molecule has 210 valence electrons. The van der Waals surface area contributed by atoms with Gasteiger partial charge in [-0.15, -0.1) is 0 Å². The third kappa shape index (κ3) is 2.98. The van der Waals surface area contributed by atoms with Crippen LogP contribution in [0.15, 0.2) is 12.2 Å². The Kier molecular flexibility index (Phi) is 5.04. The third-order valence-electron chi connectivity index (χ3n) is 12.3. The molecule has 9 heteroatoms. The normalized spacial score (nSPS) is 59.4. The zero-order valence-electron chi connectivity index (χ0n) is 22.8. The molecule has 0 unspecified atom stereocenters. The van der Waals surface area contributed by atoms with Gasteiger partial charge in [-0.2, -0.15) is 0 Å². The number of aliphatic hydroxyl groups is 3. The first-order valence-corrected chi connectivity index (χ1v) is 14.2. The van der Waals surface area contributed by atoms with Gasteiger partial charge in [-0.1, -0.05) is 6.92 Å². The predicted molar refractivity (Wildman–Crippen MR) is 131 cm³/mol. The van der Waals surface area contributed by atoms with Crippen LogP contribution in [0.5, 0.6) is 0 Å². The van der Waals surface area contributed by atoms with Crippen molar-refractivity contribution in [2.24, 2.45) is 35.0 Å². The number of rotatable bonds is 3. The molecule has 0 aromatic heterocycles. The number of hydrogen-bond acceptors (Lipinski definition) is 9. The monoisotopic (exact) mass is 532 g/mol. The molecule has 0 amide bonds. The number of fused-ring (bicyclic) bond motifs is 5. The minimum Gasteiger partial charge on any atom is -0.462 e. The number of ether oxygens (including phenoxy) is 4. The summed E-state index contributed by atoms with van der Waals surface area (Å²) in [7, 11) is 0. The summed E-state index contributed by atoms with van der Waals surface area (Å²) in [5.74, 6) is -1.05. The van der Waals surface area contributed by atoms with Gasteiger partial charge < -0.3 is 34.3 Å². The Balaban J connectivity index is 1.23. The van der Waals surface area contributed by atoms with Crippen LogP contribution in [0.3, 0.4) is 0 Å². The van der Waals surface area contributed by atoms with Crippen molar-refractivity contribution in [1.29, 1.82) is 0 Å². The Labute approximate surface area is 222 Å². The van der Waals surface area contributed by atoms with Crippen LogP contribution < -0.4 is 0 Å². The van der Waals surface area contributed by atoms with Crippen LogP contribution in [0.25, 0.3) is 0 Å². The first-order chi connectivity index (χ1) is 17.7. The average molecular weight is 533 g/mol. The third-order valence-corrected chi connectivity index (χ3v) is 12.3. The fourth-order valence-corrected chi connectivity index (χ4v) is 10.2. The van der Waals surface area contributed by atoms with E-state index < -0.39 is 58.3 Å². The summed E-state index contributed by atoms with van der Waals surface area (Å²) in [6, 6.07) is 0. The summed E-state index contributed by atoms with van der Waals surface area (Å²) in [6.45, 7) is 9.16. The van der Waals surface area contributed by atoms with Crippen molar-refractivity contribution in [1.82, 2.24) is 0 Å². The van der Waals surface area contributed by atoms with Gasteiger partial charge in [-0.25, -0.2) is 0 Å². The molecular formula is C29H40O9. The van der Waals surface area contributed by atoms with Crippen LogP contribution in [0.4, 0.5) is 0 Å². The van der Waals surface area contributed by atoms with Gasteiger partial charge in [0.25, 0.3) is 0 Å². The number of aliphatic hydroxyl groups excluding tert-OH is 2. The number of epoxide rings is 2. The van der Waals surface area contributed by atoms with E-state index in [9.17, 15) is 24.9 Å². The van der Waals surface area contributed by atoms with Gasteiger partial charge in [-0.05, 0) is 81.8 Å². The fraction of sp³-hybridized carbons (Fsp3) is 0.862. The highest BCUT2D eigenvalue weighted by molar-refractivity contribution is 5.95. The highest BCUT2D eigenvalue weighted by Crippen LogP contribution is 2.70. The van der Waals surface area contributed by atoms with Crippen LogP contribution in [0, 0.1) is 35.0 Å². The SMILES string of the molecule is CC(=O)O[C@@H]1C[C@H]([C@@](C)(O)[C@@H]2C[C@]3(C)O[C@]3(C)[C@H](O)O2)[C@@]2(C)CC[C@@H]3[C@@H](C[C@H]4O[C@@]45[C@@H]3C(=O)C=C[C@@H]5O)[C@H]12. The van der Waals surface area contributed by atoms with E-state index in [1.807, 2.05) is 13.8 Å². The van der Waals surface area contributed by atoms with E-state index in [1.165, 1.54) is 13.0 Å². The van der Waals surface area contributed by atoms with Gasteiger partial charge in [0.05, 0.1) is 23.7 Å². The summed E-state index contributed by atoms with van der Waals surface area (Å²) in [5.41, 5.74) is -3.88. The van der Waals surface area contributed by atoms with Gasteiger partial charge >= 0.3 is 5.97 Å². The van der Waals surface area contributed by atoms with E-state index in [-0.39, 0.29) is 41.5 Å². The summed E-state index contributed by atoms with van der Waals surface area (Å²) >= 11 is 0. The van der Waals surface area contributed by atoms with E-state index in [1.54, 1.807) is 13.0 Å². The lowest BCUT2D eigenvalue weighted by atomic mass is 9.48. The summed E-state index contributed by atoms with van der Waals surface area (Å²) < 4.78 is 24.0. The smallest absolute Gasteiger partial charge is 0.302 e. The maximum Gasteiger partial charge on any atom is 0.302 e. The number of carbonyl (C=O) groups excluding carboxylic acids is 2. The molecule has 0 bridgehead atoms. The first kappa shape index (κ1) is 25.6. The van der Waals surface area contributed by atoms with Crippen LogP contribution in [-0.2, 0) is 28.5 Å². The fourth-order valence-electron chi connectivity index (χ4n) is 10.2. The quantitative estimate of drug-likeness (QED) is 0.366. The van der Waals surface area contributed by atoms with Gasteiger partial charge in [0.1, 0.15) is 29.0 Å². The number of carbonyl (C=O) groups is 2. The van der Waals surface area contributed by atoms with E-state index >= 15 is 0 Å². The minimum atomic E-state index is -1.32. The minimum absolute atomic E-state index is 0.00648. The molecule has 0 aromatic carbocycles. The molecule has 3 aliphatic heterocycles. The first-order valence-electron chi connectivity index (χ1n) is 14.2. The Morgan fingerprint density at radius 2 is 1.92 bits per heavy atom. The molecule has 1 spiro atoms. The molecule has 3 saturated carbocycles. The number of esters is 1. The summed E-state index contributed by atoms with van der Waals surface area (Å²) in [4.78, 5) is 25.5. The Bertz CT molecular complexity index is 1120. The topological polar surface area (TPSA) is 138 Å². The highest BCUT2D eigenvalue weighted by Gasteiger charge is 2.78. The summed E-state index contributed by atoms with van der Waals surface area (Å²) in [5, 5.41) is 33.7. The molecule has 0 radical (unpaired) electrons. The lowest BCUT2D eigenvalue weighted by Crippen LogP contribution is -2.61. The standard InChI is InChI=1S/C29H40O9/c1-13(30)35-17-11-18(27(4,34)21-12-26(3)28(5,38-26)24(33)36-21)25(2)9-8-14-15(23(17)25)10-20-29(37-20)19(32)7-6-16(31)22(14)29/h6-7,14-15,17-24,32-34H,8-12H2,1-5H3/t14-,15-,17-,18+,19+,20-,21+,22+,23-,24-,25-,26+,27-,28-,29-/m1/s1. The van der Waals surface area contributed by atoms with Crippen molar-refractivity contribution in [3.63, 3.8) is 0 Å². The van der Waals surface area contributed by atoms with Gasteiger partial charge in [0.2, 0.25) is 0 Å². The van der Waals surface area contributed by atoms with Crippen molar-refractivity contribution >= 4 is 11.8 Å². The second kappa shape index (κ2) is 7.47. The Morgan fingerprint density at radius 1 is 1.18 bits per heavy atom. The van der Waals surface area contributed by atoms with E-state index in [2.05, 4.69) is 6.92 Å². The van der Waals surface area contributed by atoms with Gasteiger partial charge in [0, 0.05) is 19.3 Å². The van der Waals surface area contributed by atoms with Crippen LogP contribution in [0.2, 0.25) is 0 Å². The maximum absolute atomic E-state index is 13.2. The average Bonchev–Trinajstić information content (AvgIpc) is 3.65. The second-order valence-corrected chi connectivity index (χ2v) is 14.1. The molecule has 38 heavy (non-hydrogen) atoms. The zero-order chi connectivity index (χ0) is 27.2. The second-order valence-electron chi connectivity index (χ2n) is 14.1. The lowest BCUT2D eigenvalue weighted by molar-refractivity contribution is -0.247. The zero-order valence-corrected chi connectivity index (χ0v) is 22.8. The molecule has 3 saturated heterocycles. The number of hydrogen-bond donors (Lipinski definition) is 3. The number of ketones is 1. The molecule has 9 nitrogen and oxygen atoms in total. The molecule has 0 aromatic rings. The van der Waals surface area contributed by atoms with Crippen molar-refractivity contribution in [2.75, 3.05) is 0 Å². The van der Waals surface area contributed by atoms with Crippen molar-refractivity contribution in [3.8, 4) is 0 Å². The largest absolute Gasteiger partial charge is 0.462 e. The predicted octanol–water partition coefficient (Wildman–Crippen LogP) is 1.65. The Morgan fingerprint density at radius 3 is 2.61 bits per heavy atom. The van der Waals surface area contributed by atoms with E-state index in [4.69, 9.17) is 18.9 Å². The van der Waals surface area contributed by atoms with Gasteiger partial charge in [0.15, 0.2) is 12.1 Å². The van der Waals surface area contributed by atoms with E-state index in [0.717, 1.165) is 12.8 Å². The van der Waals surface area contributed by atoms with Crippen LogP contribution >= 0.6 is 0 Å². The highest BCUT2D eigenvalue weighted by atomic mass is 16.7. The maximum atomic E-state index is 13.2. The van der Waals surface area contributed by atoms with Crippen molar-refractivity contribution in [3.05, 3.63) is 12.2 Å². The molecule has 4 aliphatic carbocycles. The van der Waals surface area contributed by atoms with Crippen LogP contribution in [-0.4, -0.2) is 80.2 Å². The molecular weight excluding hydrogens is 492 g/mol. The molecule has 6 fully saturated rings. The Hall–Kier alpha value is -1.36. The van der Waals surface area contributed by atoms with E-state index in [0.29, 0.717) is 19.3 Å². The molecule has 3 heterocycles. The molecule has 7 rings (SSSR count). The van der Waals surface area contributed by atoms with Crippen LogP contribution in [0.1, 0.15) is 66.7 Å². The molecule has 7 aliphatic rings.